The molecule has 0 spiro atoms. The van der Waals surface area contributed by atoms with Crippen molar-refractivity contribution in [3.05, 3.63) is 58.6 Å². The summed E-state index contributed by atoms with van der Waals surface area (Å²) in [5.41, 5.74) is 0.481. The zero-order valence-electron chi connectivity index (χ0n) is 9.13. The Hall–Kier alpha value is -1.49. The third-order valence-corrected chi connectivity index (χ3v) is 2.85. The first-order valence-corrected chi connectivity index (χ1v) is 5.94. The molecule has 0 fully saturated rings. The van der Waals surface area contributed by atoms with E-state index in [4.69, 9.17) is 0 Å². The second-order valence-corrected chi connectivity index (χ2v) is 4.63. The summed E-state index contributed by atoms with van der Waals surface area (Å²) < 4.78 is 38.5. The van der Waals surface area contributed by atoms with Gasteiger partial charge in [0.2, 0.25) is 0 Å². The standard InChI is InChI=1S/C13H9BrF3N/c14-10-4-6-11(7-5-10)18-12-3-1-2-9(8-12)13(15,16)17/h1-8,18H. The van der Waals surface area contributed by atoms with Crippen molar-refractivity contribution in [2.45, 2.75) is 6.18 Å². The second kappa shape index (κ2) is 5.02. The maximum atomic E-state index is 12.5. The van der Waals surface area contributed by atoms with Crippen LogP contribution in [-0.4, -0.2) is 0 Å². The van der Waals surface area contributed by atoms with Crippen LogP contribution in [0.3, 0.4) is 0 Å². The number of benzene rings is 2. The number of rotatable bonds is 2. The Morgan fingerprint density at radius 2 is 1.56 bits per heavy atom. The van der Waals surface area contributed by atoms with Gasteiger partial charge in [0.25, 0.3) is 0 Å². The van der Waals surface area contributed by atoms with Crippen molar-refractivity contribution in [1.82, 2.24) is 0 Å². The van der Waals surface area contributed by atoms with Crippen LogP contribution < -0.4 is 5.32 Å². The van der Waals surface area contributed by atoms with Gasteiger partial charge in [0.05, 0.1) is 5.56 Å². The highest BCUT2D eigenvalue weighted by molar-refractivity contribution is 9.10. The number of hydrogen-bond acceptors (Lipinski definition) is 1. The van der Waals surface area contributed by atoms with Crippen LogP contribution in [0.2, 0.25) is 0 Å². The van der Waals surface area contributed by atoms with Gasteiger partial charge in [0, 0.05) is 15.8 Å². The van der Waals surface area contributed by atoms with Crippen molar-refractivity contribution in [3.8, 4) is 0 Å². The average molecular weight is 316 g/mol. The van der Waals surface area contributed by atoms with Crippen LogP contribution in [0, 0.1) is 0 Å². The summed E-state index contributed by atoms with van der Waals surface area (Å²) >= 11 is 3.29. The van der Waals surface area contributed by atoms with Crippen LogP contribution in [0.15, 0.2) is 53.0 Å². The largest absolute Gasteiger partial charge is 0.416 e. The van der Waals surface area contributed by atoms with E-state index in [0.29, 0.717) is 5.69 Å². The molecule has 94 valence electrons. The fourth-order valence-electron chi connectivity index (χ4n) is 1.47. The number of alkyl halides is 3. The van der Waals surface area contributed by atoms with Crippen LogP contribution >= 0.6 is 15.9 Å². The Morgan fingerprint density at radius 1 is 0.889 bits per heavy atom. The molecule has 0 aromatic heterocycles. The Labute approximate surface area is 111 Å². The van der Waals surface area contributed by atoms with Gasteiger partial charge in [-0.1, -0.05) is 22.0 Å². The minimum absolute atomic E-state index is 0.409. The Balaban J connectivity index is 2.22. The van der Waals surface area contributed by atoms with Crippen LogP contribution in [0.1, 0.15) is 5.56 Å². The lowest BCUT2D eigenvalue weighted by atomic mass is 10.2. The topological polar surface area (TPSA) is 12.0 Å². The fourth-order valence-corrected chi connectivity index (χ4v) is 1.74. The Morgan fingerprint density at radius 3 is 2.17 bits per heavy atom. The summed E-state index contributed by atoms with van der Waals surface area (Å²) in [6, 6.07) is 12.3. The van der Waals surface area contributed by atoms with Gasteiger partial charge in [-0.2, -0.15) is 13.2 Å². The quantitative estimate of drug-likeness (QED) is 0.802. The van der Waals surface area contributed by atoms with E-state index in [9.17, 15) is 13.2 Å². The van der Waals surface area contributed by atoms with Gasteiger partial charge in [-0.25, -0.2) is 0 Å². The van der Waals surface area contributed by atoms with Crippen molar-refractivity contribution in [1.29, 1.82) is 0 Å². The summed E-state index contributed by atoms with van der Waals surface area (Å²) in [7, 11) is 0. The molecule has 5 heteroatoms. The molecule has 0 saturated carbocycles. The van der Waals surface area contributed by atoms with Gasteiger partial charge in [-0.05, 0) is 42.5 Å². The molecule has 1 nitrogen and oxygen atoms in total. The highest BCUT2D eigenvalue weighted by Crippen LogP contribution is 2.31. The third kappa shape index (κ3) is 3.26. The highest BCUT2D eigenvalue weighted by Gasteiger charge is 2.30. The minimum atomic E-state index is -4.32. The van der Waals surface area contributed by atoms with E-state index < -0.39 is 11.7 Å². The van der Waals surface area contributed by atoms with E-state index >= 15 is 0 Å². The molecule has 0 unspecified atom stereocenters. The van der Waals surface area contributed by atoms with Crippen molar-refractivity contribution in [2.24, 2.45) is 0 Å². The fraction of sp³-hybridized carbons (Fsp3) is 0.0769. The van der Waals surface area contributed by atoms with Gasteiger partial charge in [0.15, 0.2) is 0 Å². The molecule has 0 heterocycles. The smallest absolute Gasteiger partial charge is 0.356 e. The Bertz CT molecular complexity index is 535. The van der Waals surface area contributed by atoms with Crippen molar-refractivity contribution >= 4 is 27.3 Å². The SMILES string of the molecule is FC(F)(F)c1cccc(Nc2ccc(Br)cc2)c1. The molecule has 0 aliphatic heterocycles. The molecule has 0 aliphatic rings. The first-order chi connectivity index (χ1) is 8.45. The lowest BCUT2D eigenvalue weighted by Gasteiger charge is -2.10. The van der Waals surface area contributed by atoms with Gasteiger partial charge >= 0.3 is 6.18 Å². The summed E-state index contributed by atoms with van der Waals surface area (Å²) in [4.78, 5) is 0. The molecule has 0 amide bonds. The van der Waals surface area contributed by atoms with Gasteiger partial charge in [-0.3, -0.25) is 0 Å². The third-order valence-electron chi connectivity index (χ3n) is 2.32. The van der Waals surface area contributed by atoms with Crippen LogP contribution in [-0.2, 0) is 6.18 Å². The molecular weight excluding hydrogens is 307 g/mol. The summed E-state index contributed by atoms with van der Waals surface area (Å²) in [6.45, 7) is 0. The first kappa shape index (κ1) is 13.0. The number of hydrogen-bond donors (Lipinski definition) is 1. The molecular formula is C13H9BrF3N. The molecule has 0 atom stereocenters. The number of anilines is 2. The zero-order valence-corrected chi connectivity index (χ0v) is 10.7. The predicted molar refractivity (Wildman–Crippen MR) is 68.9 cm³/mol. The van der Waals surface area contributed by atoms with Crippen molar-refractivity contribution < 1.29 is 13.2 Å². The van der Waals surface area contributed by atoms with Crippen molar-refractivity contribution in [3.63, 3.8) is 0 Å². The maximum absolute atomic E-state index is 12.5. The molecule has 0 aliphatic carbocycles. The Kier molecular flexibility index (Phi) is 3.61. The lowest BCUT2D eigenvalue weighted by Crippen LogP contribution is -2.05. The summed E-state index contributed by atoms with van der Waals surface area (Å²) in [5, 5.41) is 2.92. The van der Waals surface area contributed by atoms with Crippen molar-refractivity contribution in [2.75, 3.05) is 5.32 Å². The lowest BCUT2D eigenvalue weighted by molar-refractivity contribution is -0.137. The van der Waals surface area contributed by atoms with Crippen LogP contribution in [0.25, 0.3) is 0 Å². The van der Waals surface area contributed by atoms with E-state index in [1.807, 2.05) is 12.1 Å². The van der Waals surface area contributed by atoms with Crippen LogP contribution in [0.5, 0.6) is 0 Å². The molecule has 0 bridgehead atoms. The minimum Gasteiger partial charge on any atom is -0.356 e. The molecule has 1 N–H and O–H groups in total. The maximum Gasteiger partial charge on any atom is 0.416 e. The van der Waals surface area contributed by atoms with Gasteiger partial charge < -0.3 is 5.32 Å². The number of nitrogens with one attached hydrogen (secondary N) is 1. The summed E-state index contributed by atoms with van der Waals surface area (Å²) in [6.07, 6.45) is -4.32. The van der Waals surface area contributed by atoms with E-state index in [2.05, 4.69) is 21.2 Å². The molecule has 2 rings (SSSR count). The molecule has 2 aromatic carbocycles. The molecule has 2 aromatic rings. The normalized spacial score (nSPS) is 11.3. The molecule has 18 heavy (non-hydrogen) atoms. The van der Waals surface area contributed by atoms with E-state index in [0.717, 1.165) is 22.3 Å². The highest BCUT2D eigenvalue weighted by atomic mass is 79.9. The first-order valence-electron chi connectivity index (χ1n) is 5.15. The second-order valence-electron chi connectivity index (χ2n) is 3.71. The molecule has 0 radical (unpaired) electrons. The molecule has 0 saturated heterocycles. The van der Waals surface area contributed by atoms with Crippen LogP contribution in [0.4, 0.5) is 24.5 Å². The van der Waals surface area contributed by atoms with E-state index in [1.165, 1.54) is 6.07 Å². The summed E-state index contributed by atoms with van der Waals surface area (Å²) in [5.74, 6) is 0. The zero-order chi connectivity index (χ0) is 13.2. The monoisotopic (exact) mass is 315 g/mol. The van der Waals surface area contributed by atoms with Gasteiger partial charge in [-0.15, -0.1) is 0 Å². The number of halogens is 4. The van der Waals surface area contributed by atoms with Gasteiger partial charge in [0.1, 0.15) is 0 Å². The average Bonchev–Trinajstić information content (AvgIpc) is 2.31. The predicted octanol–water partition coefficient (Wildman–Crippen LogP) is 5.21. The van der Waals surface area contributed by atoms with E-state index in [-0.39, 0.29) is 0 Å². The van der Waals surface area contributed by atoms with E-state index in [1.54, 1.807) is 18.2 Å².